The van der Waals surface area contributed by atoms with Crippen molar-refractivity contribution < 1.29 is 0 Å². The third-order valence-corrected chi connectivity index (χ3v) is 3.92. The molecule has 0 fully saturated rings. The van der Waals surface area contributed by atoms with E-state index in [1.54, 1.807) is 18.3 Å². The highest BCUT2D eigenvalue weighted by molar-refractivity contribution is 7.80. The first-order valence-electron chi connectivity index (χ1n) is 7.79. The van der Waals surface area contributed by atoms with E-state index in [-0.39, 0.29) is 6.04 Å². The molecule has 0 aliphatic carbocycles. The third-order valence-electron chi connectivity index (χ3n) is 3.70. The molecular formula is C20H16N4S. The van der Waals surface area contributed by atoms with Gasteiger partial charge in [-0.2, -0.15) is 5.26 Å². The molecule has 0 aliphatic heterocycles. The first-order valence-corrected chi connectivity index (χ1v) is 8.19. The number of pyridine rings is 1. The summed E-state index contributed by atoms with van der Waals surface area (Å²) in [6.45, 7) is 0. The van der Waals surface area contributed by atoms with Gasteiger partial charge >= 0.3 is 0 Å². The quantitative estimate of drug-likeness (QED) is 0.700. The molecule has 1 heterocycles. The number of hydrogen-bond donors (Lipinski definition) is 2. The summed E-state index contributed by atoms with van der Waals surface area (Å²) in [5.41, 5.74) is 3.56. The molecule has 0 saturated heterocycles. The van der Waals surface area contributed by atoms with Gasteiger partial charge in [-0.1, -0.05) is 36.4 Å². The number of nitrogens with zero attached hydrogens (tertiary/aromatic N) is 2. The molecule has 3 rings (SSSR count). The molecule has 0 aliphatic rings. The molecular weight excluding hydrogens is 328 g/mol. The van der Waals surface area contributed by atoms with Gasteiger partial charge in [0.2, 0.25) is 0 Å². The minimum Gasteiger partial charge on any atom is -0.351 e. The second kappa shape index (κ2) is 8.04. The second-order valence-corrected chi connectivity index (χ2v) is 5.83. The largest absolute Gasteiger partial charge is 0.351 e. The number of aromatic nitrogens is 1. The molecule has 2 N–H and O–H groups in total. The van der Waals surface area contributed by atoms with Crippen LogP contribution in [0.5, 0.6) is 0 Å². The summed E-state index contributed by atoms with van der Waals surface area (Å²) < 4.78 is 0. The molecule has 4 nitrogen and oxygen atoms in total. The molecule has 0 amide bonds. The van der Waals surface area contributed by atoms with Gasteiger partial charge in [-0.05, 0) is 53.7 Å². The first kappa shape index (κ1) is 16.6. The van der Waals surface area contributed by atoms with Crippen molar-refractivity contribution in [2.45, 2.75) is 6.04 Å². The van der Waals surface area contributed by atoms with Crippen LogP contribution in [0.4, 0.5) is 5.69 Å². The Morgan fingerprint density at radius 1 is 0.960 bits per heavy atom. The number of rotatable bonds is 4. The minimum atomic E-state index is -0.103. The molecule has 2 aromatic carbocycles. The van der Waals surface area contributed by atoms with E-state index in [9.17, 15) is 0 Å². The summed E-state index contributed by atoms with van der Waals surface area (Å²) >= 11 is 5.47. The maximum Gasteiger partial charge on any atom is 0.171 e. The van der Waals surface area contributed by atoms with Crippen molar-refractivity contribution in [2.24, 2.45) is 0 Å². The van der Waals surface area contributed by atoms with Crippen LogP contribution in [0.3, 0.4) is 0 Å². The Morgan fingerprint density at radius 3 is 2.32 bits per heavy atom. The monoisotopic (exact) mass is 344 g/mol. The first-order chi connectivity index (χ1) is 12.3. The Morgan fingerprint density at radius 2 is 1.68 bits per heavy atom. The number of hydrogen-bond acceptors (Lipinski definition) is 3. The maximum atomic E-state index is 8.87. The molecule has 5 heteroatoms. The number of anilines is 1. The fourth-order valence-corrected chi connectivity index (χ4v) is 2.71. The molecule has 25 heavy (non-hydrogen) atoms. The van der Waals surface area contributed by atoms with E-state index < -0.39 is 0 Å². The van der Waals surface area contributed by atoms with E-state index >= 15 is 0 Å². The smallest absolute Gasteiger partial charge is 0.171 e. The summed E-state index contributed by atoms with van der Waals surface area (Å²) in [7, 11) is 0. The minimum absolute atomic E-state index is 0.103. The van der Waals surface area contributed by atoms with Crippen LogP contribution in [0.2, 0.25) is 0 Å². The van der Waals surface area contributed by atoms with Crippen LogP contribution in [0.25, 0.3) is 0 Å². The Balaban J connectivity index is 1.78. The summed E-state index contributed by atoms with van der Waals surface area (Å²) in [5, 5.41) is 15.9. The second-order valence-electron chi connectivity index (χ2n) is 5.42. The standard InChI is InChI=1S/C20H16N4S/c21-13-15-8-10-18(11-9-15)23-20(25)24-19(16-5-2-1-3-6-16)17-7-4-12-22-14-17/h1-12,14,19H,(H2,23,24,25). The molecule has 3 aromatic rings. The van der Waals surface area contributed by atoms with Gasteiger partial charge in [0, 0.05) is 18.1 Å². The van der Waals surface area contributed by atoms with Crippen LogP contribution in [-0.4, -0.2) is 10.1 Å². The zero-order valence-electron chi connectivity index (χ0n) is 13.4. The van der Waals surface area contributed by atoms with Crippen LogP contribution in [0.1, 0.15) is 22.7 Å². The highest BCUT2D eigenvalue weighted by Gasteiger charge is 2.15. The molecule has 122 valence electrons. The van der Waals surface area contributed by atoms with Crippen molar-refractivity contribution in [3.05, 3.63) is 95.8 Å². The van der Waals surface area contributed by atoms with Crippen molar-refractivity contribution in [1.29, 1.82) is 5.26 Å². The molecule has 1 unspecified atom stereocenters. The summed E-state index contributed by atoms with van der Waals surface area (Å²) in [4.78, 5) is 4.21. The topological polar surface area (TPSA) is 60.7 Å². The Hall–Kier alpha value is -3.23. The highest BCUT2D eigenvalue weighted by atomic mass is 32.1. The maximum absolute atomic E-state index is 8.87. The molecule has 0 radical (unpaired) electrons. The van der Waals surface area contributed by atoms with Crippen molar-refractivity contribution in [3.8, 4) is 6.07 Å². The molecule has 0 bridgehead atoms. The van der Waals surface area contributed by atoms with Crippen molar-refractivity contribution in [2.75, 3.05) is 5.32 Å². The lowest BCUT2D eigenvalue weighted by Crippen LogP contribution is -2.33. The summed E-state index contributed by atoms with van der Waals surface area (Å²) in [5.74, 6) is 0. The SMILES string of the molecule is N#Cc1ccc(NC(=S)NC(c2ccccc2)c2cccnc2)cc1. The lowest BCUT2D eigenvalue weighted by molar-refractivity contribution is 0.764. The highest BCUT2D eigenvalue weighted by Crippen LogP contribution is 2.21. The zero-order valence-corrected chi connectivity index (χ0v) is 14.2. The van der Waals surface area contributed by atoms with Gasteiger partial charge in [0.15, 0.2) is 5.11 Å². The predicted octanol–water partition coefficient (Wildman–Crippen LogP) is 4.03. The number of nitriles is 1. The van der Waals surface area contributed by atoms with Crippen molar-refractivity contribution >= 4 is 23.0 Å². The molecule has 0 spiro atoms. The van der Waals surface area contributed by atoms with E-state index in [4.69, 9.17) is 17.5 Å². The van der Waals surface area contributed by atoms with Gasteiger partial charge in [0.25, 0.3) is 0 Å². The molecule has 0 saturated carbocycles. The van der Waals surface area contributed by atoms with E-state index in [0.29, 0.717) is 10.7 Å². The average molecular weight is 344 g/mol. The lowest BCUT2D eigenvalue weighted by atomic mass is 10.0. The Labute approximate surface area is 152 Å². The van der Waals surface area contributed by atoms with Crippen molar-refractivity contribution in [3.63, 3.8) is 0 Å². The predicted molar refractivity (Wildman–Crippen MR) is 103 cm³/mol. The summed E-state index contributed by atoms with van der Waals surface area (Å²) in [6.07, 6.45) is 3.58. The molecule has 1 aromatic heterocycles. The van der Waals surface area contributed by atoms with Crippen LogP contribution < -0.4 is 10.6 Å². The van der Waals surface area contributed by atoms with Crippen LogP contribution in [-0.2, 0) is 0 Å². The fraction of sp³-hybridized carbons (Fsp3) is 0.0500. The van der Waals surface area contributed by atoms with Gasteiger partial charge in [-0.15, -0.1) is 0 Å². The third kappa shape index (κ3) is 4.40. The average Bonchev–Trinajstić information content (AvgIpc) is 2.68. The Bertz CT molecular complexity index is 832. The van der Waals surface area contributed by atoms with E-state index in [2.05, 4.69) is 33.8 Å². The number of benzene rings is 2. The van der Waals surface area contributed by atoms with Crippen LogP contribution in [0.15, 0.2) is 79.1 Å². The fourth-order valence-electron chi connectivity index (χ4n) is 2.48. The van der Waals surface area contributed by atoms with Gasteiger partial charge < -0.3 is 10.6 Å². The van der Waals surface area contributed by atoms with E-state index in [1.165, 1.54) is 0 Å². The van der Waals surface area contributed by atoms with Gasteiger partial charge in [-0.25, -0.2) is 0 Å². The van der Waals surface area contributed by atoms with Gasteiger partial charge in [-0.3, -0.25) is 4.98 Å². The van der Waals surface area contributed by atoms with E-state index in [0.717, 1.165) is 16.8 Å². The molecule has 1 atom stereocenters. The summed E-state index contributed by atoms with van der Waals surface area (Å²) in [6, 6.07) is 23.2. The number of nitrogens with one attached hydrogen (secondary N) is 2. The Kier molecular flexibility index (Phi) is 5.35. The van der Waals surface area contributed by atoms with Crippen LogP contribution in [0, 0.1) is 11.3 Å². The lowest BCUT2D eigenvalue weighted by Gasteiger charge is -2.21. The van der Waals surface area contributed by atoms with Crippen LogP contribution >= 0.6 is 12.2 Å². The van der Waals surface area contributed by atoms with Gasteiger partial charge in [0.05, 0.1) is 17.7 Å². The van der Waals surface area contributed by atoms with Crippen molar-refractivity contribution in [1.82, 2.24) is 10.3 Å². The van der Waals surface area contributed by atoms with Gasteiger partial charge in [0.1, 0.15) is 0 Å². The zero-order chi connectivity index (χ0) is 17.5. The van der Waals surface area contributed by atoms with E-state index in [1.807, 2.05) is 48.7 Å². The normalized spacial score (nSPS) is 11.2. The number of thiocarbonyl (C=S) groups is 1.